The Morgan fingerprint density at radius 2 is 1.74 bits per heavy atom. The minimum Gasteiger partial charge on any atom is -0.506 e. The summed E-state index contributed by atoms with van der Waals surface area (Å²) in [5.74, 6) is 5.77. The standard InChI is InChI=1S/C53H58N6O9SSi/c1-31-23-34(14-10-13-33(3)55-29-45(68-70(8,9)53(4,5)6)40-20-22-44(60)49-50(40)67-30-46(61)59-49)19-21-43(31)58-52(63)35-15-11-18-38(25-35)69(64,65)39-24-32(2)47-41(27-39)48(42(28-56-47)51(54)62)57-36-16-12-17-37(26-36)66-7/h11-12,15-28,33,45,55,60H,13,29-30H2,1-9H3,(H2,54,62)(H,56,57)(H,58,63)(H,59,61)/t33?,45-/m0/s1. The number of nitrogens with two attached hydrogens (primary N) is 1. The molecule has 1 aliphatic heterocycles. The highest BCUT2D eigenvalue weighted by molar-refractivity contribution is 7.91. The molecule has 70 heavy (non-hydrogen) atoms. The van der Waals surface area contributed by atoms with Crippen molar-refractivity contribution < 1.29 is 41.8 Å². The first-order valence-corrected chi connectivity index (χ1v) is 27.1. The maximum absolute atomic E-state index is 14.3. The van der Waals surface area contributed by atoms with Gasteiger partial charge < -0.3 is 46.0 Å². The second-order valence-corrected chi connectivity index (χ2v) is 25.5. The average Bonchev–Trinajstić information content (AvgIpc) is 3.31. The van der Waals surface area contributed by atoms with Gasteiger partial charge in [-0.1, -0.05) is 44.7 Å². The number of ether oxygens (including phenoxy) is 2. The Morgan fingerprint density at radius 3 is 2.46 bits per heavy atom. The molecule has 1 aliphatic rings. The zero-order chi connectivity index (χ0) is 50.7. The van der Waals surface area contributed by atoms with Crippen LogP contribution in [0.2, 0.25) is 18.1 Å². The number of methoxy groups -OCH3 is 1. The molecule has 6 aromatic rings. The molecule has 0 radical (unpaired) electrons. The number of primary amides is 1. The number of amides is 3. The Bertz CT molecular complexity index is 3210. The third-order valence-electron chi connectivity index (χ3n) is 12.6. The number of rotatable bonds is 15. The van der Waals surface area contributed by atoms with Gasteiger partial charge in [-0.15, -0.1) is 0 Å². The van der Waals surface area contributed by atoms with Crippen molar-refractivity contribution in [3.63, 3.8) is 0 Å². The van der Waals surface area contributed by atoms with Crippen molar-refractivity contribution >= 4 is 69.5 Å². The van der Waals surface area contributed by atoms with Crippen LogP contribution in [0.3, 0.4) is 0 Å². The lowest BCUT2D eigenvalue weighted by molar-refractivity contribution is -0.118. The number of hydrogen-bond acceptors (Lipinski definition) is 12. The number of fused-ring (bicyclic) bond motifs is 2. The first-order valence-electron chi connectivity index (χ1n) is 22.7. The predicted molar refractivity (Wildman–Crippen MR) is 275 cm³/mol. The number of aryl methyl sites for hydroxylation is 2. The highest BCUT2D eigenvalue weighted by Gasteiger charge is 2.41. The number of nitrogens with one attached hydrogen (secondary N) is 4. The van der Waals surface area contributed by atoms with E-state index in [1.54, 1.807) is 49.4 Å². The quantitative estimate of drug-likeness (QED) is 0.0322. The average molecular weight is 983 g/mol. The summed E-state index contributed by atoms with van der Waals surface area (Å²) in [4.78, 5) is 42.7. The topological polar surface area (TPSA) is 220 Å². The van der Waals surface area contributed by atoms with Crippen LogP contribution < -0.4 is 36.5 Å². The highest BCUT2D eigenvalue weighted by atomic mass is 32.2. The first-order chi connectivity index (χ1) is 33.1. The third kappa shape index (κ3) is 11.1. The monoisotopic (exact) mass is 982 g/mol. The fourth-order valence-electron chi connectivity index (χ4n) is 7.65. The van der Waals surface area contributed by atoms with Gasteiger partial charge in [0.15, 0.2) is 20.7 Å². The lowest BCUT2D eigenvalue weighted by atomic mass is 10.0. The molecule has 2 heterocycles. The SMILES string of the molecule is COc1cccc(Nc2c(C(N)=O)cnc3c(C)cc(S(=O)(=O)c4cccc(C(=O)Nc5ccc(C#CCC(C)NC[C@H](O[Si](C)(C)C(C)(C)C)c6ccc(O)c7c6OCC(=O)N7)cc5C)c4)cc23)c1. The van der Waals surface area contributed by atoms with Crippen LogP contribution in [0.4, 0.5) is 22.7 Å². The normalized spacial score (nSPS) is 13.5. The number of aromatic nitrogens is 1. The molecule has 1 aromatic heterocycles. The number of benzene rings is 5. The van der Waals surface area contributed by atoms with E-state index in [1.807, 2.05) is 26.0 Å². The summed E-state index contributed by atoms with van der Waals surface area (Å²) < 4.78 is 46.7. The van der Waals surface area contributed by atoms with Crippen molar-refractivity contribution in [2.75, 3.05) is 36.2 Å². The molecule has 15 nitrogen and oxygen atoms in total. The summed E-state index contributed by atoms with van der Waals surface area (Å²) in [7, 11) is -4.97. The van der Waals surface area contributed by atoms with E-state index in [0.717, 1.165) is 16.7 Å². The number of nitrogens with zero attached hydrogens (tertiary/aromatic N) is 1. The second kappa shape index (κ2) is 20.4. The molecule has 7 N–H and O–H groups in total. The van der Waals surface area contributed by atoms with Gasteiger partial charge in [-0.25, -0.2) is 8.42 Å². The third-order valence-corrected chi connectivity index (χ3v) is 18.8. The minimum absolute atomic E-state index is 0.0399. The molecule has 0 aliphatic carbocycles. The fourth-order valence-corrected chi connectivity index (χ4v) is 10.3. The van der Waals surface area contributed by atoms with Crippen LogP contribution in [0.5, 0.6) is 17.2 Å². The Kier molecular flexibility index (Phi) is 14.7. The Labute approximate surface area is 409 Å². The molecule has 0 spiro atoms. The number of pyridine rings is 1. The molecule has 364 valence electrons. The van der Waals surface area contributed by atoms with Crippen LogP contribution >= 0.6 is 0 Å². The van der Waals surface area contributed by atoms with Gasteiger partial charge in [-0.05, 0) is 123 Å². The van der Waals surface area contributed by atoms with Crippen molar-refractivity contribution in [1.82, 2.24) is 10.3 Å². The van der Waals surface area contributed by atoms with Gasteiger partial charge in [0.05, 0.1) is 39.8 Å². The van der Waals surface area contributed by atoms with Crippen LogP contribution in [0.1, 0.15) is 83.2 Å². The van der Waals surface area contributed by atoms with E-state index in [2.05, 4.69) is 72.0 Å². The molecule has 0 saturated carbocycles. The molecular weight excluding hydrogens is 925 g/mol. The number of carbonyl (C=O) groups is 3. The van der Waals surface area contributed by atoms with E-state index in [-0.39, 0.29) is 61.6 Å². The molecule has 1 unspecified atom stereocenters. The van der Waals surface area contributed by atoms with Crippen molar-refractivity contribution in [1.29, 1.82) is 0 Å². The molecular formula is C53H58N6O9SSi. The van der Waals surface area contributed by atoms with Gasteiger partial charge in [-0.3, -0.25) is 19.4 Å². The van der Waals surface area contributed by atoms with Gasteiger partial charge >= 0.3 is 0 Å². The summed E-state index contributed by atoms with van der Waals surface area (Å²) in [6.45, 7) is 16.7. The molecule has 0 fully saturated rings. The van der Waals surface area contributed by atoms with Crippen molar-refractivity contribution in [2.24, 2.45) is 5.73 Å². The van der Waals surface area contributed by atoms with Crippen molar-refractivity contribution in [2.45, 2.75) is 88.0 Å². The number of hydrogen-bond donors (Lipinski definition) is 6. The second-order valence-electron chi connectivity index (χ2n) is 18.8. The molecule has 0 bridgehead atoms. The fraction of sp³-hybridized carbons (Fsp3) is 0.283. The summed E-state index contributed by atoms with van der Waals surface area (Å²) in [6.07, 6.45) is 1.43. The van der Waals surface area contributed by atoms with E-state index in [4.69, 9.17) is 19.6 Å². The number of anilines is 4. The molecule has 7 rings (SSSR count). The van der Waals surface area contributed by atoms with Gasteiger partial charge in [0.1, 0.15) is 17.2 Å². The van der Waals surface area contributed by atoms with Crippen LogP contribution in [0.15, 0.2) is 107 Å². The van der Waals surface area contributed by atoms with E-state index in [9.17, 15) is 27.9 Å². The van der Waals surface area contributed by atoms with Crippen LogP contribution in [0, 0.1) is 25.7 Å². The van der Waals surface area contributed by atoms with Gasteiger partial charge in [0, 0.05) is 64.7 Å². The number of phenolic OH excluding ortho intramolecular Hbond substituents is 1. The van der Waals surface area contributed by atoms with Gasteiger partial charge in [0.25, 0.3) is 17.7 Å². The Hall–Kier alpha value is -7.23. The van der Waals surface area contributed by atoms with Crippen molar-refractivity contribution in [3.8, 4) is 29.1 Å². The smallest absolute Gasteiger partial charge is 0.262 e. The van der Waals surface area contributed by atoms with Crippen LogP contribution in [-0.2, 0) is 19.1 Å². The molecule has 2 atom stereocenters. The zero-order valence-corrected chi connectivity index (χ0v) is 42.5. The number of sulfone groups is 1. The maximum Gasteiger partial charge on any atom is 0.262 e. The number of carbonyl (C=O) groups excluding carboxylic acids is 3. The van der Waals surface area contributed by atoms with E-state index < -0.39 is 36.1 Å². The first kappa shape index (κ1) is 50.6. The van der Waals surface area contributed by atoms with Gasteiger partial charge in [-0.2, -0.15) is 0 Å². The maximum atomic E-state index is 14.3. The summed E-state index contributed by atoms with van der Waals surface area (Å²) in [5, 5.41) is 23.2. The lowest BCUT2D eigenvalue weighted by Crippen LogP contribution is -2.44. The Morgan fingerprint density at radius 1 is 0.986 bits per heavy atom. The van der Waals surface area contributed by atoms with Crippen LogP contribution in [-0.4, -0.2) is 70.9 Å². The zero-order valence-electron chi connectivity index (χ0n) is 40.7. The summed E-state index contributed by atoms with van der Waals surface area (Å²) >= 11 is 0. The summed E-state index contributed by atoms with van der Waals surface area (Å²) in [6, 6.07) is 24.5. The van der Waals surface area contributed by atoms with Crippen LogP contribution in [0.25, 0.3) is 10.9 Å². The lowest BCUT2D eigenvalue weighted by Gasteiger charge is -2.40. The Balaban J connectivity index is 1.04. The predicted octanol–water partition coefficient (Wildman–Crippen LogP) is 9.31. The molecule has 0 saturated heterocycles. The molecule has 5 aromatic carbocycles. The van der Waals surface area contributed by atoms with E-state index in [1.165, 1.54) is 49.7 Å². The summed E-state index contributed by atoms with van der Waals surface area (Å²) in [5.41, 5.74) is 10.8. The van der Waals surface area contributed by atoms with Gasteiger partial charge in [0.2, 0.25) is 9.84 Å². The van der Waals surface area contributed by atoms with E-state index in [0.29, 0.717) is 52.3 Å². The molecule has 17 heteroatoms. The number of aromatic hydroxyl groups is 1. The highest BCUT2D eigenvalue weighted by Crippen LogP contribution is 2.46. The number of phenols is 1. The van der Waals surface area contributed by atoms with E-state index >= 15 is 0 Å². The molecule has 3 amide bonds. The van der Waals surface area contributed by atoms with Crippen molar-refractivity contribution in [3.05, 3.63) is 131 Å². The largest absolute Gasteiger partial charge is 0.506 e. The minimum atomic E-state index is -4.21.